The van der Waals surface area contributed by atoms with Crippen molar-refractivity contribution in [3.63, 3.8) is 0 Å². The van der Waals surface area contributed by atoms with Gasteiger partial charge in [0.25, 0.3) is 0 Å². The Balaban J connectivity index is 0.000000203. The number of carbonyl (C=O) groups is 3. The molecule has 1 heterocycles. The zero-order valence-corrected chi connectivity index (χ0v) is 104. The number of ether oxygens (including phenoxy) is 7. The van der Waals surface area contributed by atoms with E-state index < -0.39 is 22.0 Å². The highest BCUT2D eigenvalue weighted by molar-refractivity contribution is 14.1. The molecule has 13 aromatic rings. The minimum atomic E-state index is -3.90. The fourth-order valence-corrected chi connectivity index (χ4v) is 27.1. The average Bonchev–Trinajstić information content (AvgIpc) is 1.69. The van der Waals surface area contributed by atoms with Gasteiger partial charge in [0.15, 0.2) is 40.3 Å². The largest absolute Gasteiger partial charge is 0.508 e. The van der Waals surface area contributed by atoms with Gasteiger partial charge in [-0.15, -0.1) is 0 Å². The number of aromatic hydroxyl groups is 5. The second-order valence-corrected chi connectivity index (χ2v) is 47.1. The van der Waals surface area contributed by atoms with Crippen LogP contribution >= 0.6 is 316 Å². The van der Waals surface area contributed by atoms with Crippen molar-refractivity contribution >= 4 is 344 Å². The van der Waals surface area contributed by atoms with Crippen LogP contribution in [0.4, 0.5) is 0 Å². The van der Waals surface area contributed by atoms with Crippen molar-refractivity contribution in [2.75, 3.05) is 26.9 Å². The van der Waals surface area contributed by atoms with E-state index in [0.717, 1.165) is 120 Å². The number of sulfonamides is 1. The Morgan fingerprint density at radius 2 is 0.774 bits per heavy atom. The third-order valence-corrected chi connectivity index (χ3v) is 32.2. The number of primary amides is 1. The number of aliphatic hydroxyl groups excluding tert-OH is 2. The molecule has 1 aromatic heterocycles. The monoisotopic (exact) mass is 3450 g/mol. The van der Waals surface area contributed by atoms with Gasteiger partial charge in [0, 0.05) is 31.3 Å². The first-order chi connectivity index (χ1) is 65.0. The van der Waals surface area contributed by atoms with Gasteiger partial charge in [-0.05, 0) is 602 Å². The summed E-state index contributed by atoms with van der Waals surface area (Å²) in [5.74, 6) is 9.75. The molecule has 0 bridgehead atoms. The number of phenolic OH excluding ortho intramolecular Hbond substituents is 5. The van der Waals surface area contributed by atoms with Crippen LogP contribution < -0.4 is 55.1 Å². The molecule has 0 aliphatic heterocycles. The summed E-state index contributed by atoms with van der Waals surface area (Å²) in [6.07, 6.45) is 4.53. The number of Topliss-reactive ketones (excluding diaryl/α,β-unsaturated/α-hetero) is 1. The topological polar surface area (TPSA) is 428 Å². The van der Waals surface area contributed by atoms with Crippen molar-refractivity contribution < 1.29 is 101 Å². The number of nitrogens with zero attached hydrogens (tertiary/aromatic N) is 1. The molecule has 0 saturated heterocycles. The Kier molecular flexibility index (Phi) is 50.9. The number of phenols is 5. The summed E-state index contributed by atoms with van der Waals surface area (Å²) in [6, 6.07) is 60.1. The van der Waals surface area contributed by atoms with Gasteiger partial charge in [-0.25, -0.2) is 13.1 Å². The quantitative estimate of drug-likeness (QED) is 0.0170. The molecule has 0 aliphatic carbocycles. The lowest BCUT2D eigenvalue weighted by atomic mass is 10.1. The molecular weight excluding hydrogens is 3370 g/mol. The normalized spacial score (nSPS) is 11.2. The summed E-state index contributed by atoms with van der Waals surface area (Å²) in [5.41, 5.74) is 23.0. The van der Waals surface area contributed by atoms with Crippen LogP contribution in [0, 0.1) is 63.8 Å². The standard InChI is InChI=1S/C20H20I2N2O6S.C18H18I2O3.C15H14I3NO3.C15H12I2O4.C14H10I3NO3.C14H13I2NO2/c1-11-20(12(2)30-23-11)31(27,28)24-14(10-25)7-13-8-17(21)19(18(22)9-13)29-16-5-3-15(26)4-6-16;1-3-13(21)5-4-12-10-16(19)18(17(20)11-12)23-15-8-6-14(22-2)7-9-15;16-11-6-10(1-2-14(11)21)22-15-12(17)4-8(5-13(15)18)3-9(19)7-20;16-12-7-1-9(2-8-13(19)20)14(17)15(12)21-11-5-3-10(18)4-6-11;15-9-6-8(1-2-12(9)19)21-14-10(16)3-7(4-11(14)17)5-13(18)20;15-12-7-9(5-6-17)8-13(16)14(12)19-11-3-1-10(18)2-4-11/h3-6,8-9,14,24-26H,7,10H2,1-2H3;6-11H,3-5H2,1-2H3;1-2,4-6,9,20-21H,3,7,19H2;1,3-7,18H,2,8H2,(H,19,20);1-4,6,19H,5H2,(H2,18,20);1-4,7-8,18H,5-6,17H2/t14-;;9-;;;/m0.0.../s1. The predicted molar refractivity (Wildman–Crippen MR) is 646 cm³/mol. The van der Waals surface area contributed by atoms with E-state index >= 15 is 0 Å². The number of aliphatic hydroxyl groups is 2. The van der Waals surface area contributed by atoms with E-state index in [4.69, 9.17) is 65.1 Å². The van der Waals surface area contributed by atoms with E-state index in [1.807, 2.05) is 102 Å². The van der Waals surface area contributed by atoms with Crippen LogP contribution in [0.2, 0.25) is 0 Å². The summed E-state index contributed by atoms with van der Waals surface area (Å²) in [7, 11) is -2.25. The number of carboxylic acids is 1. The van der Waals surface area contributed by atoms with Crippen LogP contribution in [0.15, 0.2) is 216 Å². The molecule has 0 saturated carbocycles. The number of benzene rings is 12. The molecular formula is C96H87I14N5O21S. The maximum absolute atomic E-state index is 12.7. The molecule has 0 aliphatic rings. The number of carbonyl (C=O) groups excluding carboxylic acids is 2. The Bertz CT molecular complexity index is 6300. The Labute approximate surface area is 983 Å². The number of ketones is 1. The van der Waals surface area contributed by atoms with Crippen LogP contribution in [-0.2, 0) is 62.9 Å². The molecule has 15 N–H and O–H groups in total. The third kappa shape index (κ3) is 38.7. The summed E-state index contributed by atoms with van der Waals surface area (Å²) in [6.45, 7) is 5.22. The van der Waals surface area contributed by atoms with Crippen LogP contribution in [0.5, 0.6) is 103 Å². The molecule has 1 amide bonds. The van der Waals surface area contributed by atoms with E-state index in [1.54, 1.807) is 123 Å². The summed E-state index contributed by atoms with van der Waals surface area (Å²) >= 11 is 30.6. The third-order valence-electron chi connectivity index (χ3n) is 18.6. The molecule has 13 rings (SSSR count). The highest BCUT2D eigenvalue weighted by Gasteiger charge is 2.29. The number of methoxy groups -OCH3 is 1. The molecule has 0 radical (unpaired) electrons. The minimum absolute atomic E-state index is 0.00671. The number of rotatable bonds is 33. The van der Waals surface area contributed by atoms with Crippen LogP contribution in [0.1, 0.15) is 71.0 Å². The van der Waals surface area contributed by atoms with Gasteiger partial charge < -0.3 is 95.7 Å². The summed E-state index contributed by atoms with van der Waals surface area (Å²) in [5, 5.41) is 78.4. The lowest BCUT2D eigenvalue weighted by Crippen LogP contribution is -2.39. The molecule has 0 fully saturated rings. The van der Waals surface area contributed by atoms with Crippen LogP contribution in [-0.4, -0.2) is 111 Å². The first-order valence-electron chi connectivity index (χ1n) is 40.5. The number of carboxylic acid groups (broad SMARTS) is 1. The Hall–Kier alpha value is -3.97. The highest BCUT2D eigenvalue weighted by atomic mass is 127. The second-order valence-electron chi connectivity index (χ2n) is 29.3. The molecule has 12 aromatic carbocycles. The molecule has 26 nitrogen and oxygen atoms in total. The smallest absolute Gasteiger partial charge is 0.303 e. The van der Waals surface area contributed by atoms with E-state index in [2.05, 4.69) is 328 Å². The zero-order valence-electron chi connectivity index (χ0n) is 72.5. The Morgan fingerprint density at radius 1 is 0.423 bits per heavy atom. The number of nitrogens with one attached hydrogen (secondary N) is 1. The number of hydrogen-bond donors (Lipinski definition) is 12. The molecule has 0 unspecified atom stereocenters. The van der Waals surface area contributed by atoms with Crippen LogP contribution in [0.3, 0.4) is 0 Å². The van der Waals surface area contributed by atoms with Crippen molar-refractivity contribution in [3.05, 3.63) is 301 Å². The number of aryl methyl sites for hydroxylation is 4. The molecule has 41 heteroatoms. The van der Waals surface area contributed by atoms with Crippen molar-refractivity contribution in [3.8, 4) is 103 Å². The maximum Gasteiger partial charge on any atom is 0.303 e. The zero-order chi connectivity index (χ0) is 101. The second kappa shape index (κ2) is 59.0. The molecule has 0 spiro atoms. The van der Waals surface area contributed by atoms with Crippen molar-refractivity contribution in [2.24, 2.45) is 17.2 Å². The van der Waals surface area contributed by atoms with Crippen LogP contribution in [0.25, 0.3) is 0 Å². The number of halogens is 14. The van der Waals surface area contributed by atoms with Gasteiger partial charge in [-0.1, -0.05) is 18.1 Å². The van der Waals surface area contributed by atoms with Gasteiger partial charge in [-0.3, -0.25) is 14.4 Å². The predicted octanol–water partition coefficient (Wildman–Crippen LogP) is 25.7. The number of aromatic nitrogens is 1. The molecule has 726 valence electrons. The minimum Gasteiger partial charge on any atom is -0.508 e. The maximum atomic E-state index is 12.7. The fourth-order valence-electron chi connectivity index (χ4n) is 12.0. The van der Waals surface area contributed by atoms with Crippen molar-refractivity contribution in [1.29, 1.82) is 0 Å². The van der Waals surface area contributed by atoms with Gasteiger partial charge >= 0.3 is 5.97 Å². The number of amides is 1. The summed E-state index contributed by atoms with van der Waals surface area (Å²) < 4.78 is 86.6. The first kappa shape index (κ1) is 118. The fraction of sp³-hybridized carbons (Fsp3) is 0.188. The van der Waals surface area contributed by atoms with Crippen molar-refractivity contribution in [2.45, 2.75) is 95.5 Å². The number of aliphatic carboxylic acids is 1. The van der Waals surface area contributed by atoms with E-state index in [1.165, 1.54) is 18.1 Å². The number of nitrogens with two attached hydrogens (primary N) is 3. The molecule has 2 atom stereocenters. The Morgan fingerprint density at radius 3 is 1.12 bits per heavy atom. The van der Waals surface area contributed by atoms with Gasteiger partial charge in [0.2, 0.25) is 15.9 Å². The van der Waals surface area contributed by atoms with Gasteiger partial charge in [-0.2, -0.15) is 0 Å². The van der Waals surface area contributed by atoms with Crippen molar-refractivity contribution in [1.82, 2.24) is 9.88 Å². The van der Waals surface area contributed by atoms with E-state index in [0.29, 0.717) is 78.3 Å². The van der Waals surface area contributed by atoms with E-state index in [-0.39, 0.29) is 89.5 Å². The molecule has 137 heavy (non-hydrogen) atoms. The summed E-state index contributed by atoms with van der Waals surface area (Å²) in [4.78, 5) is 33.2. The average molecular weight is 3460 g/mol. The lowest BCUT2D eigenvalue weighted by Gasteiger charge is -2.18. The highest BCUT2D eigenvalue weighted by Crippen LogP contribution is 2.42. The first-order valence-corrected chi connectivity index (χ1v) is 57.1. The van der Waals surface area contributed by atoms with Gasteiger partial charge in [0.05, 0.1) is 76.7 Å². The van der Waals surface area contributed by atoms with E-state index in [9.17, 15) is 53.4 Å². The number of hydrogen-bond acceptors (Lipinski definition) is 23. The van der Waals surface area contributed by atoms with Gasteiger partial charge in [0.1, 0.15) is 85.4 Å². The SMILES string of the molecule is CCC(=O)CCc1cc(I)c(Oc2ccc(OC)cc2)c(I)c1.Cc1noc(C)c1S(=O)(=O)N[C@H](CO)Cc1cc(I)c(Oc2ccc(O)cc2)c(I)c1.NC(=O)Cc1cc(I)c(Oc2ccc(O)c(I)c2)c(I)c1.NCCc1cc(I)c(Oc2ccc(O)cc2)c(I)c1.N[C@H](CO)Cc1cc(I)c(Oc2ccc(O)c(I)c2)c(I)c1.O=C(O)CCc1ccc(I)c(Oc2ccc(O)cc2)c1I. The lowest BCUT2D eigenvalue weighted by molar-refractivity contribution is -0.137.